The second-order valence-electron chi connectivity index (χ2n) is 4.69. The van der Waals surface area contributed by atoms with E-state index in [2.05, 4.69) is 10.6 Å². The van der Waals surface area contributed by atoms with Crippen molar-refractivity contribution in [3.8, 4) is 6.07 Å². The number of hydrogen-bond acceptors (Lipinski definition) is 3. The first kappa shape index (κ1) is 13.8. The van der Waals surface area contributed by atoms with Crippen LogP contribution in [0, 0.1) is 22.6 Å². The summed E-state index contributed by atoms with van der Waals surface area (Å²) >= 11 is 0. The molecular weight excluding hydrogens is 265 g/mol. The van der Waals surface area contributed by atoms with Crippen LogP contribution in [0.15, 0.2) is 18.2 Å². The zero-order chi connectivity index (χ0) is 14.8. The van der Waals surface area contributed by atoms with Crippen LogP contribution in [0.25, 0.3) is 0 Å². The van der Waals surface area contributed by atoms with Gasteiger partial charge in [0.05, 0.1) is 16.7 Å². The highest BCUT2D eigenvalue weighted by Gasteiger charge is 2.50. The number of nitrogens with one attached hydrogen (secondary N) is 2. The maximum Gasteiger partial charge on any atom is 0.319 e. The Hall–Kier alpha value is -2.62. The Morgan fingerprint density at radius 1 is 1.45 bits per heavy atom. The minimum absolute atomic E-state index is 0.000445. The van der Waals surface area contributed by atoms with Crippen molar-refractivity contribution >= 4 is 17.7 Å². The average molecular weight is 277 g/mol. The third-order valence-corrected chi connectivity index (χ3v) is 3.24. The normalized spacial score (nSPS) is 15.0. The van der Waals surface area contributed by atoms with E-state index >= 15 is 0 Å². The summed E-state index contributed by atoms with van der Waals surface area (Å²) in [6, 6.07) is 4.55. The summed E-state index contributed by atoms with van der Waals surface area (Å²) in [5, 5.41) is 22.6. The fraction of sp³-hybridized carbons (Fsp3) is 0.308. The van der Waals surface area contributed by atoms with Crippen molar-refractivity contribution in [1.82, 2.24) is 5.32 Å². The lowest BCUT2D eigenvalue weighted by molar-refractivity contribution is -0.143. The predicted molar refractivity (Wildman–Crippen MR) is 67.4 cm³/mol. The van der Waals surface area contributed by atoms with E-state index in [0.29, 0.717) is 12.8 Å². The molecule has 1 aliphatic rings. The van der Waals surface area contributed by atoms with Crippen LogP contribution in [0.3, 0.4) is 0 Å². The minimum Gasteiger partial charge on any atom is -0.481 e. The topological polar surface area (TPSA) is 102 Å². The molecule has 1 fully saturated rings. The number of benzene rings is 1. The summed E-state index contributed by atoms with van der Waals surface area (Å²) in [5.41, 5.74) is -0.691. The van der Waals surface area contributed by atoms with E-state index in [9.17, 15) is 14.0 Å². The molecule has 0 saturated heterocycles. The largest absolute Gasteiger partial charge is 0.481 e. The molecule has 0 aromatic heterocycles. The third kappa shape index (κ3) is 2.85. The van der Waals surface area contributed by atoms with Gasteiger partial charge in [-0.05, 0) is 31.0 Å². The number of nitriles is 1. The van der Waals surface area contributed by atoms with Gasteiger partial charge in [-0.2, -0.15) is 5.26 Å². The monoisotopic (exact) mass is 277 g/mol. The smallest absolute Gasteiger partial charge is 0.319 e. The molecule has 2 rings (SSSR count). The summed E-state index contributed by atoms with van der Waals surface area (Å²) in [7, 11) is 0. The maximum absolute atomic E-state index is 12.9. The van der Waals surface area contributed by atoms with Crippen molar-refractivity contribution in [2.45, 2.75) is 12.8 Å². The van der Waals surface area contributed by atoms with Gasteiger partial charge in [-0.25, -0.2) is 9.18 Å². The van der Waals surface area contributed by atoms with Gasteiger partial charge in [0.15, 0.2) is 0 Å². The van der Waals surface area contributed by atoms with Crippen LogP contribution in [0.5, 0.6) is 0 Å². The van der Waals surface area contributed by atoms with Gasteiger partial charge in [0, 0.05) is 6.54 Å². The number of carbonyl (C=O) groups is 2. The molecule has 0 radical (unpaired) electrons. The summed E-state index contributed by atoms with van der Waals surface area (Å²) in [4.78, 5) is 22.6. The van der Waals surface area contributed by atoms with E-state index in [1.54, 1.807) is 6.07 Å². The van der Waals surface area contributed by atoms with Crippen molar-refractivity contribution in [2.24, 2.45) is 5.41 Å². The number of rotatable bonds is 4. The zero-order valence-corrected chi connectivity index (χ0v) is 10.4. The summed E-state index contributed by atoms with van der Waals surface area (Å²) in [6.07, 6.45) is 1.06. The molecule has 1 aliphatic carbocycles. The molecule has 2 amide bonds. The highest BCUT2D eigenvalue weighted by atomic mass is 19.1. The number of nitrogens with zero attached hydrogens (tertiary/aromatic N) is 1. The van der Waals surface area contributed by atoms with Crippen LogP contribution in [0.2, 0.25) is 0 Å². The Kier molecular flexibility index (Phi) is 3.57. The molecule has 0 heterocycles. The van der Waals surface area contributed by atoms with Crippen LogP contribution >= 0.6 is 0 Å². The van der Waals surface area contributed by atoms with Crippen LogP contribution in [0.4, 0.5) is 14.9 Å². The van der Waals surface area contributed by atoms with Crippen LogP contribution in [0.1, 0.15) is 18.4 Å². The molecule has 0 aliphatic heterocycles. The lowest BCUT2D eigenvalue weighted by Gasteiger charge is -2.12. The molecule has 0 unspecified atom stereocenters. The summed E-state index contributed by atoms with van der Waals surface area (Å²) in [5.74, 6) is -1.51. The lowest BCUT2D eigenvalue weighted by Crippen LogP contribution is -2.36. The van der Waals surface area contributed by atoms with E-state index in [1.807, 2.05) is 0 Å². The van der Waals surface area contributed by atoms with Crippen molar-refractivity contribution in [3.05, 3.63) is 29.6 Å². The number of amides is 2. The van der Waals surface area contributed by atoms with Gasteiger partial charge in [-0.3, -0.25) is 4.79 Å². The van der Waals surface area contributed by atoms with Gasteiger partial charge in [-0.15, -0.1) is 0 Å². The van der Waals surface area contributed by atoms with Crippen LogP contribution < -0.4 is 10.6 Å². The highest BCUT2D eigenvalue weighted by molar-refractivity contribution is 5.91. The summed E-state index contributed by atoms with van der Waals surface area (Å²) < 4.78 is 12.9. The van der Waals surface area contributed by atoms with Crippen molar-refractivity contribution in [3.63, 3.8) is 0 Å². The second kappa shape index (κ2) is 5.17. The lowest BCUT2D eigenvalue weighted by atomic mass is 10.1. The number of anilines is 1. The molecule has 7 heteroatoms. The fourth-order valence-electron chi connectivity index (χ4n) is 1.75. The molecule has 0 spiro atoms. The number of hydrogen-bond donors (Lipinski definition) is 3. The van der Waals surface area contributed by atoms with Crippen LogP contribution in [-0.4, -0.2) is 23.7 Å². The predicted octanol–water partition coefficient (Wildman–Crippen LogP) is 1.68. The van der Waals surface area contributed by atoms with Gasteiger partial charge in [0.2, 0.25) is 0 Å². The van der Waals surface area contributed by atoms with Gasteiger partial charge in [0.25, 0.3) is 0 Å². The average Bonchev–Trinajstić information content (AvgIpc) is 3.19. The van der Waals surface area contributed by atoms with Crippen molar-refractivity contribution in [1.29, 1.82) is 5.26 Å². The number of aliphatic carboxylic acids is 1. The van der Waals surface area contributed by atoms with E-state index in [-0.39, 0.29) is 17.8 Å². The number of halogens is 1. The number of carbonyl (C=O) groups excluding carboxylic acids is 1. The first-order chi connectivity index (χ1) is 9.47. The first-order valence-electron chi connectivity index (χ1n) is 5.95. The van der Waals surface area contributed by atoms with E-state index < -0.39 is 23.2 Å². The van der Waals surface area contributed by atoms with Crippen LogP contribution in [-0.2, 0) is 4.79 Å². The Labute approximate surface area is 114 Å². The first-order valence-corrected chi connectivity index (χ1v) is 5.95. The van der Waals surface area contributed by atoms with Gasteiger partial charge >= 0.3 is 12.0 Å². The molecule has 1 saturated carbocycles. The molecule has 104 valence electrons. The summed E-state index contributed by atoms with van der Waals surface area (Å²) in [6.45, 7) is 0.0250. The SMILES string of the molecule is N#Cc1cc(F)ccc1NC(=O)NCC1(C(=O)O)CC1. The Morgan fingerprint density at radius 3 is 2.70 bits per heavy atom. The standard InChI is InChI=1S/C13H12FN3O3/c14-9-1-2-10(8(5-9)6-15)17-12(20)16-7-13(3-4-13)11(18)19/h1-2,5H,3-4,7H2,(H,18,19)(H2,16,17,20). The van der Waals surface area contributed by atoms with Gasteiger partial charge < -0.3 is 15.7 Å². The van der Waals surface area contributed by atoms with Crippen molar-refractivity contribution in [2.75, 3.05) is 11.9 Å². The Balaban J connectivity index is 1.96. The zero-order valence-electron chi connectivity index (χ0n) is 10.4. The molecule has 0 atom stereocenters. The number of urea groups is 1. The molecule has 1 aromatic rings. The molecule has 6 nitrogen and oxygen atoms in total. The molecule has 1 aromatic carbocycles. The fourth-order valence-corrected chi connectivity index (χ4v) is 1.75. The van der Waals surface area contributed by atoms with E-state index in [1.165, 1.54) is 6.07 Å². The van der Waals surface area contributed by atoms with E-state index in [4.69, 9.17) is 10.4 Å². The minimum atomic E-state index is -0.933. The second-order valence-corrected chi connectivity index (χ2v) is 4.69. The number of carboxylic acid groups (broad SMARTS) is 1. The molecular formula is C13H12FN3O3. The Bertz CT molecular complexity index is 605. The quantitative estimate of drug-likeness (QED) is 0.779. The van der Waals surface area contributed by atoms with Gasteiger partial charge in [-0.1, -0.05) is 0 Å². The van der Waals surface area contributed by atoms with E-state index in [0.717, 1.165) is 12.1 Å². The van der Waals surface area contributed by atoms with Gasteiger partial charge in [0.1, 0.15) is 11.9 Å². The Morgan fingerprint density at radius 2 is 2.15 bits per heavy atom. The van der Waals surface area contributed by atoms with Crippen molar-refractivity contribution < 1.29 is 19.1 Å². The molecule has 20 heavy (non-hydrogen) atoms. The number of carboxylic acids is 1. The third-order valence-electron chi connectivity index (χ3n) is 3.24. The molecule has 3 N–H and O–H groups in total. The molecule has 0 bridgehead atoms. The highest BCUT2D eigenvalue weighted by Crippen LogP contribution is 2.45. The maximum atomic E-state index is 12.9.